The molecule has 82 valence electrons. The van der Waals surface area contributed by atoms with Crippen LogP contribution in [0, 0.1) is 0 Å². The van der Waals surface area contributed by atoms with Crippen molar-refractivity contribution in [2.24, 2.45) is 0 Å². The van der Waals surface area contributed by atoms with Gasteiger partial charge in [0.25, 0.3) is 0 Å². The van der Waals surface area contributed by atoms with E-state index in [-0.39, 0.29) is 5.56 Å². The summed E-state index contributed by atoms with van der Waals surface area (Å²) < 4.78 is 4.55. The van der Waals surface area contributed by atoms with Gasteiger partial charge in [-0.25, -0.2) is 9.78 Å². The zero-order valence-electron chi connectivity index (χ0n) is 7.95. The van der Waals surface area contributed by atoms with E-state index in [4.69, 9.17) is 10.8 Å². The van der Waals surface area contributed by atoms with Crippen LogP contribution in [0.1, 0.15) is 10.4 Å². The molecule has 0 spiro atoms. The van der Waals surface area contributed by atoms with Crippen LogP contribution in [-0.2, 0) is 0 Å². The average molecular weight is 253 g/mol. The van der Waals surface area contributed by atoms with Gasteiger partial charge in [0.05, 0.1) is 5.56 Å². The third-order valence-corrected chi connectivity index (χ3v) is 3.56. The number of nitrogens with two attached hydrogens (primary N) is 1. The minimum absolute atomic E-state index is 0.181. The molecule has 7 heteroatoms. The standard InChI is InChI=1S/C9H7N3O2S2/c10-5-1-2-7(6(3-5)8(13)14)15-9-11-4-12-16-9/h1-4H,10H2,(H,13,14). The van der Waals surface area contributed by atoms with Crippen LogP contribution in [0.3, 0.4) is 0 Å². The van der Waals surface area contributed by atoms with Crippen molar-refractivity contribution < 1.29 is 9.90 Å². The molecular formula is C9H7N3O2S2. The van der Waals surface area contributed by atoms with Gasteiger partial charge in [-0.2, -0.15) is 4.37 Å². The number of carboxylic acid groups (broad SMARTS) is 1. The molecule has 0 fully saturated rings. The second-order valence-electron chi connectivity index (χ2n) is 2.87. The number of aromatic nitrogens is 2. The Kier molecular flexibility index (Phi) is 3.07. The van der Waals surface area contributed by atoms with Gasteiger partial charge in [-0.15, -0.1) is 0 Å². The van der Waals surface area contributed by atoms with Crippen LogP contribution in [0.2, 0.25) is 0 Å². The van der Waals surface area contributed by atoms with Crippen molar-refractivity contribution >= 4 is 35.0 Å². The first kappa shape index (κ1) is 10.9. The molecule has 0 saturated carbocycles. The van der Waals surface area contributed by atoms with E-state index >= 15 is 0 Å². The Morgan fingerprint density at radius 2 is 2.31 bits per heavy atom. The summed E-state index contributed by atoms with van der Waals surface area (Å²) in [5.74, 6) is -1.00. The van der Waals surface area contributed by atoms with Crippen LogP contribution in [0.5, 0.6) is 0 Å². The maximum atomic E-state index is 11.0. The van der Waals surface area contributed by atoms with E-state index in [1.807, 2.05) is 0 Å². The fraction of sp³-hybridized carbons (Fsp3) is 0. The second-order valence-corrected chi connectivity index (χ2v) is 4.94. The third kappa shape index (κ3) is 2.31. The number of nitrogen functional groups attached to an aromatic ring is 1. The summed E-state index contributed by atoms with van der Waals surface area (Å²) in [4.78, 5) is 15.6. The molecule has 0 amide bonds. The Hall–Kier alpha value is -1.60. The number of hydrogen-bond donors (Lipinski definition) is 2. The highest BCUT2D eigenvalue weighted by Crippen LogP contribution is 2.31. The van der Waals surface area contributed by atoms with Crippen LogP contribution < -0.4 is 5.73 Å². The number of anilines is 1. The monoisotopic (exact) mass is 253 g/mol. The molecule has 0 aliphatic carbocycles. The molecule has 0 bridgehead atoms. The van der Waals surface area contributed by atoms with Crippen LogP contribution in [0.15, 0.2) is 33.8 Å². The molecule has 1 aromatic heterocycles. The molecule has 1 heterocycles. The number of carboxylic acids is 1. The number of benzene rings is 1. The topological polar surface area (TPSA) is 89.1 Å². The summed E-state index contributed by atoms with van der Waals surface area (Å²) in [5.41, 5.74) is 6.15. The number of aromatic carboxylic acids is 1. The molecule has 2 aromatic rings. The molecule has 0 atom stereocenters. The zero-order chi connectivity index (χ0) is 11.5. The Labute approximate surface area is 99.5 Å². The SMILES string of the molecule is Nc1ccc(Sc2ncns2)c(C(=O)O)c1. The normalized spacial score (nSPS) is 10.2. The smallest absolute Gasteiger partial charge is 0.336 e. The van der Waals surface area contributed by atoms with Crippen molar-refractivity contribution in [3.05, 3.63) is 30.1 Å². The van der Waals surface area contributed by atoms with Crippen molar-refractivity contribution in [2.75, 3.05) is 5.73 Å². The molecule has 0 aliphatic heterocycles. The summed E-state index contributed by atoms with van der Waals surface area (Å²) in [6.45, 7) is 0. The Bertz CT molecular complexity index is 513. The molecule has 5 nitrogen and oxygen atoms in total. The van der Waals surface area contributed by atoms with Crippen molar-refractivity contribution in [3.63, 3.8) is 0 Å². The van der Waals surface area contributed by atoms with Crippen molar-refractivity contribution in [3.8, 4) is 0 Å². The third-order valence-electron chi connectivity index (χ3n) is 1.77. The van der Waals surface area contributed by atoms with E-state index in [0.29, 0.717) is 14.9 Å². The van der Waals surface area contributed by atoms with Crippen molar-refractivity contribution in [1.82, 2.24) is 9.36 Å². The van der Waals surface area contributed by atoms with Gasteiger partial charge in [-0.05, 0) is 29.7 Å². The van der Waals surface area contributed by atoms with Gasteiger partial charge in [0.2, 0.25) is 0 Å². The van der Waals surface area contributed by atoms with Crippen molar-refractivity contribution in [2.45, 2.75) is 9.24 Å². The summed E-state index contributed by atoms with van der Waals surface area (Å²) >= 11 is 2.49. The molecule has 1 aromatic carbocycles. The summed E-state index contributed by atoms with van der Waals surface area (Å²) in [5, 5.41) is 9.02. The van der Waals surface area contributed by atoms with Crippen LogP contribution in [0.4, 0.5) is 5.69 Å². The fourth-order valence-corrected chi connectivity index (χ4v) is 2.61. The Morgan fingerprint density at radius 3 is 2.94 bits per heavy atom. The number of carbonyl (C=O) groups is 1. The van der Waals surface area contributed by atoms with Crippen LogP contribution >= 0.6 is 23.3 Å². The first-order valence-electron chi connectivity index (χ1n) is 4.24. The average Bonchev–Trinajstić information content (AvgIpc) is 2.73. The summed E-state index contributed by atoms with van der Waals surface area (Å²) in [6.07, 6.45) is 1.44. The van der Waals surface area contributed by atoms with E-state index in [1.54, 1.807) is 12.1 Å². The van der Waals surface area contributed by atoms with Gasteiger partial charge in [-0.3, -0.25) is 0 Å². The van der Waals surface area contributed by atoms with Gasteiger partial charge in [0, 0.05) is 10.6 Å². The van der Waals surface area contributed by atoms with Gasteiger partial charge in [0.1, 0.15) is 6.33 Å². The molecule has 16 heavy (non-hydrogen) atoms. The quantitative estimate of drug-likeness (QED) is 0.813. The molecular weight excluding hydrogens is 246 g/mol. The Morgan fingerprint density at radius 1 is 1.50 bits per heavy atom. The number of hydrogen-bond acceptors (Lipinski definition) is 6. The van der Waals surface area contributed by atoms with Gasteiger partial charge >= 0.3 is 5.97 Å². The second kappa shape index (κ2) is 4.50. The lowest BCUT2D eigenvalue weighted by atomic mass is 10.2. The highest BCUT2D eigenvalue weighted by molar-refractivity contribution is 8.01. The lowest BCUT2D eigenvalue weighted by Gasteiger charge is -2.04. The number of nitrogens with zero attached hydrogens (tertiary/aromatic N) is 2. The zero-order valence-corrected chi connectivity index (χ0v) is 9.59. The van der Waals surface area contributed by atoms with Crippen molar-refractivity contribution in [1.29, 1.82) is 0 Å². The number of rotatable bonds is 3. The molecule has 0 radical (unpaired) electrons. The van der Waals surface area contributed by atoms with E-state index < -0.39 is 5.97 Å². The lowest BCUT2D eigenvalue weighted by molar-refractivity contribution is 0.0693. The summed E-state index contributed by atoms with van der Waals surface area (Å²) in [6, 6.07) is 4.77. The minimum atomic E-state index is -1.00. The van der Waals surface area contributed by atoms with Crippen LogP contribution in [0.25, 0.3) is 0 Å². The molecule has 0 unspecified atom stereocenters. The predicted molar refractivity (Wildman–Crippen MR) is 61.8 cm³/mol. The van der Waals surface area contributed by atoms with E-state index in [9.17, 15) is 4.79 Å². The lowest BCUT2D eigenvalue weighted by Crippen LogP contribution is -2.00. The largest absolute Gasteiger partial charge is 0.478 e. The van der Waals surface area contributed by atoms with Gasteiger partial charge < -0.3 is 10.8 Å². The first-order chi connectivity index (χ1) is 7.66. The molecule has 0 saturated heterocycles. The highest BCUT2D eigenvalue weighted by atomic mass is 32.2. The van der Waals surface area contributed by atoms with E-state index in [1.165, 1.54) is 35.7 Å². The molecule has 3 N–H and O–H groups in total. The van der Waals surface area contributed by atoms with E-state index in [2.05, 4.69) is 9.36 Å². The molecule has 0 aliphatic rings. The highest BCUT2D eigenvalue weighted by Gasteiger charge is 2.12. The minimum Gasteiger partial charge on any atom is -0.478 e. The fourth-order valence-electron chi connectivity index (χ4n) is 1.11. The van der Waals surface area contributed by atoms with E-state index in [0.717, 1.165) is 0 Å². The predicted octanol–water partition coefficient (Wildman–Crippen LogP) is 1.97. The maximum absolute atomic E-state index is 11.0. The maximum Gasteiger partial charge on any atom is 0.336 e. The summed E-state index contributed by atoms with van der Waals surface area (Å²) in [7, 11) is 0. The van der Waals surface area contributed by atoms with Crippen LogP contribution in [-0.4, -0.2) is 20.4 Å². The van der Waals surface area contributed by atoms with Gasteiger partial charge in [0.15, 0.2) is 4.34 Å². The molecule has 2 rings (SSSR count). The van der Waals surface area contributed by atoms with Gasteiger partial charge in [-0.1, -0.05) is 11.8 Å². The Balaban J connectivity index is 2.36. The first-order valence-corrected chi connectivity index (χ1v) is 5.83.